The van der Waals surface area contributed by atoms with Crippen molar-refractivity contribution in [1.29, 1.82) is 0 Å². The van der Waals surface area contributed by atoms with Gasteiger partial charge in [-0.2, -0.15) is 26.3 Å². The molecule has 0 saturated heterocycles. The number of hydrogen-bond donors (Lipinski definition) is 1. The second-order valence-corrected chi connectivity index (χ2v) is 4.93. The van der Waals surface area contributed by atoms with E-state index in [1.54, 1.807) is 0 Å². The van der Waals surface area contributed by atoms with Crippen molar-refractivity contribution in [3.05, 3.63) is 47.7 Å². The van der Waals surface area contributed by atoms with E-state index in [1.807, 2.05) is 0 Å². The van der Waals surface area contributed by atoms with Crippen molar-refractivity contribution in [2.45, 2.75) is 12.4 Å². The number of benzene rings is 1. The SMILES string of the molecule is Nc1nnc(-c2ccc(C(F)(F)F)cc2C(F)(F)F)c2cccn12. The Bertz CT molecular complexity index is 910. The van der Waals surface area contributed by atoms with Gasteiger partial charge in [0.25, 0.3) is 0 Å². The largest absolute Gasteiger partial charge is 0.417 e. The van der Waals surface area contributed by atoms with E-state index >= 15 is 0 Å². The molecule has 3 rings (SSSR count). The number of alkyl halides is 6. The molecule has 24 heavy (non-hydrogen) atoms. The van der Waals surface area contributed by atoms with Crippen LogP contribution in [0.3, 0.4) is 0 Å². The average Bonchev–Trinajstić information content (AvgIpc) is 2.95. The summed E-state index contributed by atoms with van der Waals surface area (Å²) in [5.41, 5.74) is 2.21. The molecule has 0 saturated carbocycles. The molecule has 0 unspecified atom stereocenters. The predicted octanol–water partition coefficient (Wildman–Crippen LogP) is 4.02. The van der Waals surface area contributed by atoms with Crippen LogP contribution in [0.5, 0.6) is 0 Å². The van der Waals surface area contributed by atoms with Gasteiger partial charge >= 0.3 is 12.4 Å². The molecule has 0 aliphatic rings. The van der Waals surface area contributed by atoms with Crippen LogP contribution in [-0.4, -0.2) is 14.6 Å². The summed E-state index contributed by atoms with van der Waals surface area (Å²) in [5, 5.41) is 7.19. The van der Waals surface area contributed by atoms with Crippen molar-refractivity contribution in [2.75, 3.05) is 5.73 Å². The van der Waals surface area contributed by atoms with Gasteiger partial charge in [-0.3, -0.25) is 4.40 Å². The number of rotatable bonds is 1. The number of nitrogen functional groups attached to an aromatic ring is 1. The summed E-state index contributed by atoms with van der Waals surface area (Å²) in [6.07, 6.45) is -8.43. The normalized spacial score (nSPS) is 12.8. The third kappa shape index (κ3) is 2.63. The maximum Gasteiger partial charge on any atom is 0.417 e. The van der Waals surface area contributed by atoms with Crippen LogP contribution in [0.4, 0.5) is 32.3 Å². The summed E-state index contributed by atoms with van der Waals surface area (Å²) in [6.45, 7) is 0. The standard InChI is InChI=1S/C14H8F6N4/c15-13(16,17)7-3-4-8(9(6-7)14(18,19)20)11-10-2-1-5-24(10)12(21)23-22-11/h1-6H,(H2,21,23). The topological polar surface area (TPSA) is 56.2 Å². The highest BCUT2D eigenvalue weighted by Crippen LogP contribution is 2.41. The van der Waals surface area contributed by atoms with E-state index in [9.17, 15) is 26.3 Å². The average molecular weight is 346 g/mol. The number of halogens is 6. The molecule has 0 aliphatic heterocycles. The quantitative estimate of drug-likeness (QED) is 0.677. The Morgan fingerprint density at radius 1 is 0.917 bits per heavy atom. The Kier molecular flexibility index (Phi) is 3.43. The van der Waals surface area contributed by atoms with Gasteiger partial charge in [0.1, 0.15) is 5.69 Å². The summed E-state index contributed by atoms with van der Waals surface area (Å²) >= 11 is 0. The zero-order chi connectivity index (χ0) is 17.7. The first-order valence-electron chi connectivity index (χ1n) is 6.47. The van der Waals surface area contributed by atoms with Crippen molar-refractivity contribution in [2.24, 2.45) is 0 Å². The fourth-order valence-electron chi connectivity index (χ4n) is 2.33. The van der Waals surface area contributed by atoms with Gasteiger partial charge in [-0.05, 0) is 24.3 Å². The van der Waals surface area contributed by atoms with Crippen LogP contribution in [0.1, 0.15) is 11.1 Å². The van der Waals surface area contributed by atoms with Crippen molar-refractivity contribution in [3.8, 4) is 11.3 Å². The zero-order valence-electron chi connectivity index (χ0n) is 11.7. The van der Waals surface area contributed by atoms with Crippen molar-refractivity contribution in [1.82, 2.24) is 14.6 Å². The molecule has 0 bridgehead atoms. The molecule has 10 heteroatoms. The summed E-state index contributed by atoms with van der Waals surface area (Å²) in [7, 11) is 0. The van der Waals surface area contributed by atoms with E-state index in [0.29, 0.717) is 6.07 Å². The van der Waals surface area contributed by atoms with Gasteiger partial charge in [-0.25, -0.2) is 0 Å². The fraction of sp³-hybridized carbons (Fsp3) is 0.143. The van der Waals surface area contributed by atoms with Gasteiger partial charge in [-0.15, -0.1) is 10.2 Å². The monoisotopic (exact) mass is 346 g/mol. The number of aromatic nitrogens is 3. The lowest BCUT2D eigenvalue weighted by molar-refractivity contribution is -0.142. The number of fused-ring (bicyclic) bond motifs is 1. The van der Waals surface area contributed by atoms with Gasteiger partial charge in [0.2, 0.25) is 5.95 Å². The Morgan fingerprint density at radius 2 is 1.62 bits per heavy atom. The van der Waals surface area contributed by atoms with Crippen molar-refractivity contribution < 1.29 is 26.3 Å². The molecular weight excluding hydrogens is 338 g/mol. The molecule has 2 aromatic heterocycles. The van der Waals surface area contributed by atoms with Gasteiger partial charge in [0.15, 0.2) is 0 Å². The van der Waals surface area contributed by atoms with Crippen LogP contribution in [0.25, 0.3) is 16.8 Å². The minimum Gasteiger partial charge on any atom is -0.368 e. The first-order valence-corrected chi connectivity index (χ1v) is 6.47. The third-order valence-electron chi connectivity index (χ3n) is 3.40. The van der Waals surface area contributed by atoms with Gasteiger partial charge in [-0.1, -0.05) is 6.07 Å². The number of anilines is 1. The van der Waals surface area contributed by atoms with Crippen LogP contribution in [0.2, 0.25) is 0 Å². The van der Waals surface area contributed by atoms with Crippen LogP contribution < -0.4 is 5.73 Å². The summed E-state index contributed by atoms with van der Waals surface area (Å²) in [5.74, 6) is -0.0563. The maximum absolute atomic E-state index is 13.3. The predicted molar refractivity (Wildman–Crippen MR) is 72.8 cm³/mol. The second-order valence-electron chi connectivity index (χ2n) is 4.93. The Hall–Kier alpha value is -2.78. The minimum atomic E-state index is -5.00. The Morgan fingerprint density at radius 3 is 2.25 bits per heavy atom. The lowest BCUT2D eigenvalue weighted by Crippen LogP contribution is -2.13. The van der Waals surface area contributed by atoms with Gasteiger partial charge in [0.05, 0.1) is 16.6 Å². The van der Waals surface area contributed by atoms with E-state index < -0.39 is 29.0 Å². The lowest BCUT2D eigenvalue weighted by Gasteiger charge is -2.16. The molecule has 0 spiro atoms. The number of hydrogen-bond acceptors (Lipinski definition) is 3. The third-order valence-corrected chi connectivity index (χ3v) is 3.40. The molecule has 0 amide bonds. The summed E-state index contributed by atoms with van der Waals surface area (Å²) in [6, 6.07) is 4.32. The molecule has 0 atom stereocenters. The summed E-state index contributed by atoms with van der Waals surface area (Å²) in [4.78, 5) is 0. The lowest BCUT2D eigenvalue weighted by atomic mass is 10.00. The van der Waals surface area contributed by atoms with Gasteiger partial charge in [0, 0.05) is 11.8 Å². The van der Waals surface area contributed by atoms with Crippen LogP contribution in [-0.2, 0) is 12.4 Å². The molecular formula is C14H8F6N4. The second kappa shape index (κ2) is 5.11. The molecule has 126 valence electrons. The van der Waals surface area contributed by atoms with Crippen LogP contribution >= 0.6 is 0 Å². The molecule has 0 fully saturated rings. The van der Waals surface area contributed by atoms with Crippen LogP contribution in [0, 0.1) is 0 Å². The Labute approximate surface area is 130 Å². The first kappa shape index (κ1) is 16.1. The minimum absolute atomic E-state index is 0.0563. The molecule has 0 aliphatic carbocycles. The van der Waals surface area contributed by atoms with Gasteiger partial charge < -0.3 is 5.73 Å². The zero-order valence-corrected chi connectivity index (χ0v) is 11.7. The first-order chi connectivity index (χ1) is 11.1. The van der Waals surface area contributed by atoms with E-state index in [-0.39, 0.29) is 23.2 Å². The summed E-state index contributed by atoms with van der Waals surface area (Å²) < 4.78 is 79.3. The molecule has 0 radical (unpaired) electrons. The highest BCUT2D eigenvalue weighted by Gasteiger charge is 2.39. The van der Waals surface area contributed by atoms with Crippen LogP contribution in [0.15, 0.2) is 36.5 Å². The maximum atomic E-state index is 13.3. The highest BCUT2D eigenvalue weighted by atomic mass is 19.4. The Balaban J connectivity index is 2.31. The molecule has 2 heterocycles. The molecule has 2 N–H and O–H groups in total. The number of nitrogens with two attached hydrogens (primary N) is 1. The van der Waals surface area contributed by atoms with Crippen molar-refractivity contribution >= 4 is 11.5 Å². The van der Waals surface area contributed by atoms with E-state index in [1.165, 1.54) is 22.7 Å². The van der Waals surface area contributed by atoms with E-state index in [4.69, 9.17) is 5.73 Å². The smallest absolute Gasteiger partial charge is 0.368 e. The highest BCUT2D eigenvalue weighted by molar-refractivity contribution is 5.80. The molecule has 3 aromatic rings. The van der Waals surface area contributed by atoms with Crippen molar-refractivity contribution in [3.63, 3.8) is 0 Å². The van der Waals surface area contributed by atoms with E-state index in [2.05, 4.69) is 10.2 Å². The molecule has 4 nitrogen and oxygen atoms in total. The van der Waals surface area contributed by atoms with E-state index in [0.717, 1.165) is 6.07 Å². The number of nitrogens with zero attached hydrogens (tertiary/aromatic N) is 3. The molecule has 1 aromatic carbocycles. The fourth-order valence-corrected chi connectivity index (χ4v) is 2.33.